The zero-order valence-corrected chi connectivity index (χ0v) is 20.7. The van der Waals surface area contributed by atoms with Crippen LogP contribution in [0.15, 0.2) is 52.0 Å². The molecule has 0 bridgehead atoms. The van der Waals surface area contributed by atoms with Gasteiger partial charge in [-0.25, -0.2) is 19.2 Å². The van der Waals surface area contributed by atoms with Crippen LogP contribution in [0.3, 0.4) is 0 Å². The normalized spacial score (nSPS) is 17.8. The molecule has 0 aliphatic heterocycles. The molecule has 0 saturated heterocycles. The standard InChI is InChI=1S/C24H19ClFN7O3S/c25-19-11-28-23(37-19)22(34)29-12-4-3-5-13(8-12)33-18-9-16(20-31-24(35)36-32-20)27-10-17(18)30-21(33)14-6-1-2-7-15(14)26/h1-2,6-7,9-13H,3-5,8H2,(H,29,34)(H,31,32,35)/t12-,13+/m0/s1. The van der Waals surface area contributed by atoms with E-state index < -0.39 is 11.6 Å². The summed E-state index contributed by atoms with van der Waals surface area (Å²) in [7, 11) is 0. The number of fused-ring (bicyclic) bond motifs is 1. The summed E-state index contributed by atoms with van der Waals surface area (Å²) in [5.74, 6) is -0.708. The van der Waals surface area contributed by atoms with Gasteiger partial charge < -0.3 is 9.88 Å². The number of halogens is 2. The molecule has 1 amide bonds. The molecule has 0 unspecified atom stereocenters. The molecule has 1 fully saturated rings. The van der Waals surface area contributed by atoms with Crippen LogP contribution in [0.4, 0.5) is 4.39 Å². The van der Waals surface area contributed by atoms with E-state index in [9.17, 15) is 14.0 Å². The number of aromatic nitrogens is 6. The summed E-state index contributed by atoms with van der Waals surface area (Å²) < 4.78 is 22.0. The van der Waals surface area contributed by atoms with Gasteiger partial charge in [-0.05, 0) is 43.9 Å². The molecule has 0 spiro atoms. The molecule has 4 aromatic heterocycles. The molecule has 6 rings (SSSR count). The van der Waals surface area contributed by atoms with Crippen molar-refractivity contribution in [2.24, 2.45) is 0 Å². The molecule has 2 N–H and O–H groups in total. The lowest BCUT2D eigenvalue weighted by atomic mass is 9.90. The van der Waals surface area contributed by atoms with Crippen LogP contribution in [0.1, 0.15) is 41.5 Å². The third-order valence-electron chi connectivity index (χ3n) is 6.39. The third-order valence-corrected chi connectivity index (χ3v) is 7.51. The molecule has 0 radical (unpaired) electrons. The van der Waals surface area contributed by atoms with Crippen molar-refractivity contribution in [3.8, 4) is 22.9 Å². The largest absolute Gasteiger partial charge is 0.439 e. The summed E-state index contributed by atoms with van der Waals surface area (Å²) >= 11 is 7.07. The van der Waals surface area contributed by atoms with Gasteiger partial charge in [-0.3, -0.25) is 19.3 Å². The Morgan fingerprint density at radius 1 is 1.24 bits per heavy atom. The molecular formula is C24H19ClFN7O3S. The lowest BCUT2D eigenvalue weighted by Crippen LogP contribution is -2.39. The minimum atomic E-state index is -0.690. The molecule has 1 aromatic carbocycles. The zero-order valence-electron chi connectivity index (χ0n) is 19.1. The molecule has 1 saturated carbocycles. The maximum Gasteiger partial charge on any atom is 0.439 e. The van der Waals surface area contributed by atoms with Crippen molar-refractivity contribution in [3.05, 3.63) is 68.4 Å². The number of thiazole rings is 1. The number of nitrogens with one attached hydrogen (secondary N) is 2. The van der Waals surface area contributed by atoms with Gasteiger partial charge in [0.25, 0.3) is 5.91 Å². The summed E-state index contributed by atoms with van der Waals surface area (Å²) in [5, 5.41) is 7.11. The smallest absolute Gasteiger partial charge is 0.347 e. The molecule has 188 valence electrons. The first-order valence-electron chi connectivity index (χ1n) is 11.6. The summed E-state index contributed by atoms with van der Waals surface area (Å²) in [6.45, 7) is 0. The van der Waals surface area contributed by atoms with Crippen molar-refractivity contribution in [2.45, 2.75) is 37.8 Å². The van der Waals surface area contributed by atoms with E-state index >= 15 is 0 Å². The fraction of sp³-hybridized carbons (Fsp3) is 0.250. The first-order valence-corrected chi connectivity index (χ1v) is 12.8. The highest BCUT2D eigenvalue weighted by molar-refractivity contribution is 7.17. The highest BCUT2D eigenvalue weighted by Crippen LogP contribution is 2.37. The third kappa shape index (κ3) is 4.53. The van der Waals surface area contributed by atoms with Crippen LogP contribution >= 0.6 is 22.9 Å². The Morgan fingerprint density at radius 2 is 2.11 bits per heavy atom. The summed E-state index contributed by atoms with van der Waals surface area (Å²) in [4.78, 5) is 39.9. The van der Waals surface area contributed by atoms with E-state index in [-0.39, 0.29) is 23.8 Å². The first kappa shape index (κ1) is 23.5. The van der Waals surface area contributed by atoms with Crippen LogP contribution in [0.2, 0.25) is 4.34 Å². The Morgan fingerprint density at radius 3 is 2.86 bits per heavy atom. The SMILES string of the molecule is O=C(N[C@H]1CCC[C@@H](n2c(-c3ccccc3F)nc3cnc(-c4noc(=O)[nH]4)cc32)C1)c1ncc(Cl)s1. The van der Waals surface area contributed by atoms with E-state index in [4.69, 9.17) is 16.6 Å². The molecule has 13 heteroatoms. The van der Waals surface area contributed by atoms with Crippen molar-refractivity contribution >= 4 is 39.9 Å². The van der Waals surface area contributed by atoms with Crippen LogP contribution < -0.4 is 11.1 Å². The Balaban J connectivity index is 1.41. The van der Waals surface area contributed by atoms with Gasteiger partial charge in [-0.1, -0.05) is 40.2 Å². The minimum Gasteiger partial charge on any atom is -0.347 e. The highest BCUT2D eigenvalue weighted by atomic mass is 35.5. The molecule has 4 heterocycles. The number of pyridine rings is 1. The van der Waals surface area contributed by atoms with Crippen molar-refractivity contribution in [1.82, 2.24) is 35.0 Å². The second kappa shape index (κ2) is 9.52. The number of carbonyl (C=O) groups excluding carboxylic acids is 1. The molecular weight excluding hydrogens is 521 g/mol. The molecule has 2 atom stereocenters. The van der Waals surface area contributed by atoms with Crippen LogP contribution in [0, 0.1) is 5.82 Å². The monoisotopic (exact) mass is 539 g/mol. The van der Waals surface area contributed by atoms with E-state index in [0.29, 0.717) is 43.9 Å². The van der Waals surface area contributed by atoms with Gasteiger partial charge in [0.15, 0.2) is 5.01 Å². The number of imidazole rings is 1. The van der Waals surface area contributed by atoms with Gasteiger partial charge in [0.2, 0.25) is 5.82 Å². The highest BCUT2D eigenvalue weighted by Gasteiger charge is 2.29. The van der Waals surface area contributed by atoms with Gasteiger partial charge in [0, 0.05) is 12.1 Å². The number of amides is 1. The molecule has 1 aliphatic carbocycles. The number of hydrogen-bond donors (Lipinski definition) is 2. The molecule has 1 aliphatic rings. The minimum absolute atomic E-state index is 0.0925. The van der Waals surface area contributed by atoms with E-state index in [1.54, 1.807) is 30.5 Å². The fourth-order valence-corrected chi connectivity index (χ4v) is 5.62. The maximum absolute atomic E-state index is 14.9. The van der Waals surface area contributed by atoms with E-state index in [2.05, 4.69) is 29.9 Å². The predicted octanol–water partition coefficient (Wildman–Crippen LogP) is 4.60. The Labute approximate surface area is 217 Å². The van der Waals surface area contributed by atoms with E-state index in [1.165, 1.54) is 12.3 Å². The lowest BCUT2D eigenvalue weighted by Gasteiger charge is -2.32. The van der Waals surface area contributed by atoms with Crippen molar-refractivity contribution in [2.75, 3.05) is 0 Å². The van der Waals surface area contributed by atoms with Crippen LogP contribution in [-0.2, 0) is 0 Å². The van der Waals surface area contributed by atoms with Crippen molar-refractivity contribution in [1.29, 1.82) is 0 Å². The molecule has 10 nitrogen and oxygen atoms in total. The number of rotatable bonds is 5. The van der Waals surface area contributed by atoms with E-state index in [1.807, 2.05) is 4.57 Å². The van der Waals surface area contributed by atoms with Gasteiger partial charge in [-0.2, -0.15) is 0 Å². The van der Waals surface area contributed by atoms with Crippen molar-refractivity contribution in [3.63, 3.8) is 0 Å². The number of benzene rings is 1. The number of H-pyrrole nitrogens is 1. The average Bonchev–Trinajstić information content (AvgIpc) is 3.62. The quantitative estimate of drug-likeness (QED) is 0.333. The van der Waals surface area contributed by atoms with Gasteiger partial charge >= 0.3 is 5.76 Å². The van der Waals surface area contributed by atoms with Crippen LogP contribution in [0.25, 0.3) is 33.9 Å². The molecule has 5 aromatic rings. The van der Waals surface area contributed by atoms with Crippen LogP contribution in [0.5, 0.6) is 0 Å². The fourth-order valence-electron chi connectivity index (χ4n) is 4.81. The Hall–Kier alpha value is -3.90. The van der Waals surface area contributed by atoms with E-state index in [0.717, 1.165) is 30.6 Å². The lowest BCUT2D eigenvalue weighted by molar-refractivity contribution is 0.0920. The van der Waals surface area contributed by atoms with Crippen molar-refractivity contribution < 1.29 is 13.7 Å². The Bertz CT molecular complexity index is 1680. The Kier molecular flexibility index (Phi) is 6.05. The first-order chi connectivity index (χ1) is 18.0. The molecule has 37 heavy (non-hydrogen) atoms. The number of carbonyl (C=O) groups is 1. The second-order valence-electron chi connectivity index (χ2n) is 8.75. The summed E-state index contributed by atoms with van der Waals surface area (Å²) in [5.41, 5.74) is 2.02. The second-order valence-corrected chi connectivity index (χ2v) is 10.4. The maximum atomic E-state index is 14.9. The number of aromatic amines is 1. The average molecular weight is 540 g/mol. The summed E-state index contributed by atoms with van der Waals surface area (Å²) in [6, 6.07) is 8.01. The van der Waals surface area contributed by atoms with Gasteiger partial charge in [0.1, 0.15) is 27.2 Å². The van der Waals surface area contributed by atoms with Gasteiger partial charge in [0.05, 0.1) is 23.5 Å². The van der Waals surface area contributed by atoms with Crippen LogP contribution in [-0.4, -0.2) is 41.6 Å². The topological polar surface area (TPSA) is 132 Å². The predicted molar refractivity (Wildman–Crippen MR) is 135 cm³/mol. The number of nitrogens with zero attached hydrogens (tertiary/aromatic N) is 5. The van der Waals surface area contributed by atoms with Gasteiger partial charge in [-0.15, -0.1) is 0 Å². The summed E-state index contributed by atoms with van der Waals surface area (Å²) in [6.07, 6.45) is 6.08. The zero-order chi connectivity index (χ0) is 25.5. The number of hydrogen-bond acceptors (Lipinski definition) is 8.